The molecule has 0 radical (unpaired) electrons. The number of halogens is 5. The van der Waals surface area contributed by atoms with E-state index >= 15 is 0 Å². The van der Waals surface area contributed by atoms with Crippen LogP contribution in [0.4, 0.5) is 44.1 Å². The fraction of sp³-hybridized carbons (Fsp3) is 0.303. The molecule has 0 spiro atoms. The molecule has 3 amide bonds. The summed E-state index contributed by atoms with van der Waals surface area (Å²) >= 11 is 1.27. The van der Waals surface area contributed by atoms with Gasteiger partial charge in [0.25, 0.3) is 0 Å². The van der Waals surface area contributed by atoms with Crippen molar-refractivity contribution in [1.82, 2.24) is 20.1 Å². The molecule has 2 heterocycles. The number of hydrogen-bond donors (Lipinski definition) is 3. The molecule has 0 saturated carbocycles. The van der Waals surface area contributed by atoms with Gasteiger partial charge in [0.1, 0.15) is 11.5 Å². The van der Waals surface area contributed by atoms with E-state index in [1.807, 2.05) is 32.0 Å². The van der Waals surface area contributed by atoms with Crippen LogP contribution < -0.4 is 30.3 Å². The highest BCUT2D eigenvalue weighted by Crippen LogP contribution is 2.39. The van der Waals surface area contributed by atoms with Gasteiger partial charge in [0, 0.05) is 23.9 Å². The number of methoxy groups -OCH3 is 1. The van der Waals surface area contributed by atoms with Crippen molar-refractivity contribution in [3.63, 3.8) is 0 Å². The molecule has 0 bridgehead atoms. The second-order valence-corrected chi connectivity index (χ2v) is 12.4. The second kappa shape index (κ2) is 15.1. The molecule has 4 aromatic rings. The van der Waals surface area contributed by atoms with Gasteiger partial charge in [-0.2, -0.15) is 36.9 Å². The average Bonchev–Trinajstić information content (AvgIpc) is 3.67. The fourth-order valence-corrected chi connectivity index (χ4v) is 5.95. The number of carbonyl (C=O) groups excluding carboxylic acids is 2. The molecule has 268 valence electrons. The second-order valence-electron chi connectivity index (χ2n) is 11.3. The molecule has 1 unspecified atom stereocenters. The van der Waals surface area contributed by atoms with Crippen LogP contribution in [0.2, 0.25) is 0 Å². The molecule has 1 saturated heterocycles. The van der Waals surface area contributed by atoms with Crippen molar-refractivity contribution in [2.75, 3.05) is 34.9 Å². The van der Waals surface area contributed by atoms with E-state index in [4.69, 9.17) is 10.00 Å². The number of nitrogens with zero attached hydrogens (tertiary/aromatic N) is 5. The van der Waals surface area contributed by atoms with Crippen LogP contribution >= 0.6 is 11.8 Å². The van der Waals surface area contributed by atoms with Gasteiger partial charge >= 0.3 is 18.3 Å². The fourth-order valence-electron chi connectivity index (χ4n) is 4.94. The Labute approximate surface area is 292 Å². The zero-order valence-corrected chi connectivity index (χ0v) is 28.1. The summed E-state index contributed by atoms with van der Waals surface area (Å²) in [6.45, 7) is 4.20. The smallest absolute Gasteiger partial charge is 0.497 e. The van der Waals surface area contributed by atoms with E-state index in [-0.39, 0.29) is 48.0 Å². The molecular formula is C33H31F5N8O4S. The maximum atomic E-state index is 13.4. The molecule has 3 N–H and O–H groups in total. The molecule has 51 heavy (non-hydrogen) atoms. The number of amides is 3. The minimum atomic E-state index is -5.90. The van der Waals surface area contributed by atoms with Crippen molar-refractivity contribution in [2.24, 2.45) is 0 Å². The molecule has 3 aromatic carbocycles. The lowest BCUT2D eigenvalue weighted by Gasteiger charge is -2.28. The van der Waals surface area contributed by atoms with E-state index < -0.39 is 29.6 Å². The maximum Gasteiger partial charge on any atom is 0.499 e. The van der Waals surface area contributed by atoms with Crippen molar-refractivity contribution in [2.45, 2.75) is 44.0 Å². The van der Waals surface area contributed by atoms with Crippen LogP contribution in [0.15, 0.2) is 66.7 Å². The highest BCUT2D eigenvalue weighted by atomic mass is 32.2. The van der Waals surface area contributed by atoms with Crippen molar-refractivity contribution in [3.05, 3.63) is 72.3 Å². The molecule has 1 aliphatic heterocycles. The summed E-state index contributed by atoms with van der Waals surface area (Å²) in [7, 11) is 1.53. The Hall–Kier alpha value is -5.57. The lowest BCUT2D eigenvalue weighted by atomic mass is 10.00. The van der Waals surface area contributed by atoms with Crippen LogP contribution in [-0.4, -0.2) is 63.9 Å². The Balaban J connectivity index is 1.30. The zero-order chi connectivity index (χ0) is 36.9. The first kappa shape index (κ1) is 36.7. The van der Waals surface area contributed by atoms with E-state index in [2.05, 4.69) is 30.8 Å². The van der Waals surface area contributed by atoms with Crippen molar-refractivity contribution in [3.8, 4) is 34.6 Å². The summed E-state index contributed by atoms with van der Waals surface area (Å²) in [4.78, 5) is 32.0. The number of hydrogen-bond acceptors (Lipinski definition) is 9. The van der Waals surface area contributed by atoms with E-state index in [0.29, 0.717) is 22.7 Å². The van der Waals surface area contributed by atoms with E-state index in [9.17, 15) is 31.5 Å². The molecule has 12 nitrogen and oxygen atoms in total. The van der Waals surface area contributed by atoms with Crippen LogP contribution in [0.3, 0.4) is 0 Å². The minimum absolute atomic E-state index is 0.102. The molecule has 1 aliphatic rings. The van der Waals surface area contributed by atoms with Gasteiger partial charge in [-0.05, 0) is 66.1 Å². The third-order valence-electron chi connectivity index (χ3n) is 7.43. The average molecular weight is 731 g/mol. The number of anilines is 3. The van der Waals surface area contributed by atoms with Gasteiger partial charge in [0.05, 0.1) is 36.7 Å². The van der Waals surface area contributed by atoms with Crippen molar-refractivity contribution >= 4 is 41.0 Å². The lowest BCUT2D eigenvalue weighted by molar-refractivity contribution is -0.360. The molecule has 5 rings (SSSR count). The van der Waals surface area contributed by atoms with Gasteiger partial charge in [-0.3, -0.25) is 9.69 Å². The highest BCUT2D eigenvalue weighted by molar-refractivity contribution is 8.01. The number of nitrogens with one attached hydrogen (secondary N) is 3. The quantitative estimate of drug-likeness (QED) is 0.103. The third-order valence-corrected chi connectivity index (χ3v) is 8.48. The number of carbonyl (C=O) groups is 2. The summed E-state index contributed by atoms with van der Waals surface area (Å²) in [6, 6.07) is 17.7. The molecule has 1 aromatic heterocycles. The zero-order valence-electron chi connectivity index (χ0n) is 27.3. The number of ether oxygens (including phenoxy) is 2. The van der Waals surface area contributed by atoms with Crippen LogP contribution in [-0.2, 0) is 4.79 Å². The van der Waals surface area contributed by atoms with Crippen LogP contribution in [0.1, 0.15) is 31.7 Å². The summed E-state index contributed by atoms with van der Waals surface area (Å²) in [5.74, 6) is 0.333. The van der Waals surface area contributed by atoms with Gasteiger partial charge in [0.2, 0.25) is 11.9 Å². The number of nitriles is 1. The number of alkyl halides is 5. The predicted octanol–water partition coefficient (Wildman–Crippen LogP) is 7.11. The third kappa shape index (κ3) is 8.43. The topological polar surface area (TPSA) is 146 Å². The van der Waals surface area contributed by atoms with Crippen molar-refractivity contribution in [1.29, 1.82) is 5.26 Å². The van der Waals surface area contributed by atoms with Gasteiger partial charge < -0.3 is 25.4 Å². The molecule has 0 aliphatic carbocycles. The first-order chi connectivity index (χ1) is 24.2. The molecule has 18 heteroatoms. The van der Waals surface area contributed by atoms with Crippen molar-refractivity contribution < 1.29 is 41.0 Å². The van der Waals surface area contributed by atoms with Gasteiger partial charge in [-0.25, -0.2) is 4.79 Å². The Morgan fingerprint density at radius 2 is 1.75 bits per heavy atom. The Morgan fingerprint density at radius 3 is 2.37 bits per heavy atom. The van der Waals surface area contributed by atoms with Crippen LogP contribution in [0.5, 0.6) is 11.5 Å². The van der Waals surface area contributed by atoms with E-state index in [0.717, 1.165) is 17.7 Å². The summed E-state index contributed by atoms with van der Waals surface area (Å²) in [6.07, 6.45) is -11.2. The van der Waals surface area contributed by atoms with Gasteiger partial charge in [-0.1, -0.05) is 19.9 Å². The number of aromatic nitrogens is 3. The number of thioether (sulfide) groups is 1. The number of urea groups is 1. The number of rotatable bonds is 12. The summed E-state index contributed by atoms with van der Waals surface area (Å²) in [5.41, 5.74) is 2.07. The summed E-state index contributed by atoms with van der Waals surface area (Å²) in [5, 5.41) is 21.9. The monoisotopic (exact) mass is 730 g/mol. The lowest BCUT2D eigenvalue weighted by Crippen LogP contribution is -2.46. The standard InChI is InChI=1S/C33H31F5N8O4S/c1-19(2)25-14-13-24(49-3)17-26(25)45-27(47)18-51-31(45)43-30(48)41-21-7-5-20(6-8-21)28-42-29(40-16-4-15-39)46(44-28)22-9-11-23(12-10-22)50-33(37,38)32(34,35)36/h5-14,17,19,31H,4,16,18H2,1-3H3,(H,40,42,44)(H2,41,43,48). The highest BCUT2D eigenvalue weighted by Gasteiger charge is 2.61. The predicted molar refractivity (Wildman–Crippen MR) is 180 cm³/mol. The molecule has 1 atom stereocenters. The Kier molecular flexibility index (Phi) is 10.9. The molecular weight excluding hydrogens is 699 g/mol. The van der Waals surface area contributed by atoms with E-state index in [1.165, 1.54) is 35.7 Å². The van der Waals surface area contributed by atoms with Crippen LogP contribution in [0.25, 0.3) is 17.1 Å². The number of benzene rings is 3. The van der Waals surface area contributed by atoms with Gasteiger partial charge in [-0.15, -0.1) is 16.9 Å². The van der Waals surface area contributed by atoms with Gasteiger partial charge in [0.15, 0.2) is 11.3 Å². The van der Waals surface area contributed by atoms with E-state index in [1.54, 1.807) is 35.2 Å². The molecule has 1 fully saturated rings. The maximum absolute atomic E-state index is 13.4. The first-order valence-corrected chi connectivity index (χ1v) is 16.4. The largest absolute Gasteiger partial charge is 0.499 e. The van der Waals surface area contributed by atoms with Crippen LogP contribution in [0, 0.1) is 11.3 Å². The SMILES string of the molecule is COc1ccc(C(C)C)c(N2C(=O)CSC2NC(=O)Nc2ccc(-c3nc(NCCC#N)n(-c4ccc(OC(F)(F)C(F)(F)F)cc4)n3)cc2)c1. The Morgan fingerprint density at radius 1 is 1.06 bits per heavy atom. The normalized spacial score (nSPS) is 14.7. The summed E-state index contributed by atoms with van der Waals surface area (Å²) < 4.78 is 74.9. The Bertz CT molecular complexity index is 1910. The first-order valence-electron chi connectivity index (χ1n) is 15.3. The minimum Gasteiger partial charge on any atom is -0.497 e.